The van der Waals surface area contributed by atoms with Crippen LogP contribution in [0.4, 0.5) is 0 Å². The SMILES string of the molecule is COC1(C(=O)NCc2ccc(Cn3c(=O)[nH]c4ccccc43)cc2)CC1. The van der Waals surface area contributed by atoms with Crippen molar-refractivity contribution in [3.63, 3.8) is 0 Å². The summed E-state index contributed by atoms with van der Waals surface area (Å²) >= 11 is 0. The molecule has 1 aliphatic rings. The maximum atomic E-state index is 12.2. The van der Waals surface area contributed by atoms with Crippen LogP contribution in [0.2, 0.25) is 0 Å². The van der Waals surface area contributed by atoms with Crippen LogP contribution >= 0.6 is 0 Å². The van der Waals surface area contributed by atoms with Gasteiger partial charge in [-0.3, -0.25) is 9.36 Å². The highest BCUT2D eigenvalue weighted by atomic mass is 16.5. The second kappa shape index (κ2) is 6.46. The summed E-state index contributed by atoms with van der Waals surface area (Å²) in [6.45, 7) is 0.972. The second-order valence-corrected chi connectivity index (χ2v) is 6.73. The Balaban J connectivity index is 1.44. The van der Waals surface area contributed by atoms with Crippen LogP contribution in [0.1, 0.15) is 24.0 Å². The zero-order valence-electron chi connectivity index (χ0n) is 14.6. The lowest BCUT2D eigenvalue weighted by atomic mass is 10.1. The summed E-state index contributed by atoms with van der Waals surface area (Å²) in [5, 5.41) is 2.93. The van der Waals surface area contributed by atoms with E-state index in [1.807, 2.05) is 48.5 Å². The van der Waals surface area contributed by atoms with Gasteiger partial charge in [-0.2, -0.15) is 0 Å². The van der Waals surface area contributed by atoms with Crippen molar-refractivity contribution in [2.24, 2.45) is 0 Å². The molecule has 1 saturated carbocycles. The number of aromatic amines is 1. The first kappa shape index (κ1) is 16.6. The molecule has 6 heteroatoms. The van der Waals surface area contributed by atoms with Crippen LogP contribution in [0.3, 0.4) is 0 Å². The van der Waals surface area contributed by atoms with Gasteiger partial charge in [-0.1, -0.05) is 36.4 Å². The van der Waals surface area contributed by atoms with Crippen molar-refractivity contribution in [1.82, 2.24) is 14.9 Å². The van der Waals surface area contributed by atoms with Gasteiger partial charge in [-0.05, 0) is 36.1 Å². The van der Waals surface area contributed by atoms with Crippen LogP contribution in [0.25, 0.3) is 11.0 Å². The summed E-state index contributed by atoms with van der Waals surface area (Å²) in [6.07, 6.45) is 1.57. The standard InChI is InChI=1S/C20H21N3O3/c1-26-20(10-11-20)18(24)21-12-14-6-8-15(9-7-14)13-23-17-5-3-2-4-16(17)22-19(23)25/h2-9H,10-13H2,1H3,(H,21,24)(H,22,25). The highest BCUT2D eigenvalue weighted by Crippen LogP contribution is 2.38. The van der Waals surface area contributed by atoms with Crippen LogP contribution in [-0.2, 0) is 22.6 Å². The number of benzene rings is 2. The van der Waals surface area contributed by atoms with Crippen LogP contribution in [0.15, 0.2) is 53.3 Å². The van der Waals surface area contributed by atoms with E-state index in [9.17, 15) is 9.59 Å². The lowest BCUT2D eigenvalue weighted by molar-refractivity contribution is -0.133. The van der Waals surface area contributed by atoms with Gasteiger partial charge in [0.2, 0.25) is 0 Å². The van der Waals surface area contributed by atoms with E-state index in [1.165, 1.54) is 0 Å². The number of amides is 1. The summed E-state index contributed by atoms with van der Waals surface area (Å²) in [5.41, 5.74) is 3.06. The number of fused-ring (bicyclic) bond motifs is 1. The number of ether oxygens (including phenoxy) is 1. The molecule has 1 aliphatic carbocycles. The van der Waals surface area contributed by atoms with Crippen molar-refractivity contribution in [2.45, 2.75) is 31.5 Å². The average Bonchev–Trinajstić information content (AvgIpc) is 3.41. The first-order valence-electron chi connectivity index (χ1n) is 8.70. The van der Waals surface area contributed by atoms with Gasteiger partial charge in [-0.25, -0.2) is 4.79 Å². The molecule has 0 saturated heterocycles. The highest BCUT2D eigenvalue weighted by Gasteiger charge is 2.50. The van der Waals surface area contributed by atoms with E-state index in [4.69, 9.17) is 4.74 Å². The molecule has 1 aromatic heterocycles. The largest absolute Gasteiger partial charge is 0.368 e. The van der Waals surface area contributed by atoms with Gasteiger partial charge >= 0.3 is 5.69 Å². The van der Waals surface area contributed by atoms with Gasteiger partial charge < -0.3 is 15.0 Å². The summed E-state index contributed by atoms with van der Waals surface area (Å²) < 4.78 is 7.00. The quantitative estimate of drug-likeness (QED) is 0.715. The number of carbonyl (C=O) groups is 1. The Morgan fingerprint density at radius 1 is 1.15 bits per heavy atom. The van der Waals surface area contributed by atoms with E-state index in [0.717, 1.165) is 35.0 Å². The molecule has 2 aromatic carbocycles. The fraction of sp³-hybridized carbons (Fsp3) is 0.300. The maximum Gasteiger partial charge on any atom is 0.326 e. The number of nitrogens with zero attached hydrogens (tertiary/aromatic N) is 1. The Morgan fingerprint density at radius 3 is 2.54 bits per heavy atom. The molecule has 26 heavy (non-hydrogen) atoms. The van der Waals surface area contributed by atoms with Gasteiger partial charge in [-0.15, -0.1) is 0 Å². The van der Waals surface area contributed by atoms with E-state index in [1.54, 1.807) is 11.7 Å². The molecular formula is C20H21N3O3. The van der Waals surface area contributed by atoms with E-state index in [-0.39, 0.29) is 11.6 Å². The highest BCUT2D eigenvalue weighted by molar-refractivity contribution is 5.88. The molecule has 3 aromatic rings. The molecule has 0 radical (unpaired) electrons. The predicted octanol–water partition coefficient (Wildman–Crippen LogP) is 2.17. The lowest BCUT2D eigenvalue weighted by Crippen LogP contribution is -2.37. The number of nitrogens with one attached hydrogen (secondary N) is 2. The summed E-state index contributed by atoms with van der Waals surface area (Å²) in [5.74, 6) is -0.0468. The Labute approximate surface area is 150 Å². The number of hydrogen-bond donors (Lipinski definition) is 2. The molecule has 1 amide bonds. The molecule has 1 fully saturated rings. The molecule has 2 N–H and O–H groups in total. The van der Waals surface area contributed by atoms with Crippen molar-refractivity contribution in [3.05, 3.63) is 70.1 Å². The third-order valence-electron chi connectivity index (χ3n) is 5.01. The summed E-state index contributed by atoms with van der Waals surface area (Å²) in [4.78, 5) is 27.1. The predicted molar refractivity (Wildman–Crippen MR) is 98.9 cm³/mol. The topological polar surface area (TPSA) is 76.1 Å². The van der Waals surface area contributed by atoms with Crippen molar-refractivity contribution >= 4 is 16.9 Å². The molecule has 0 unspecified atom stereocenters. The molecule has 0 spiro atoms. The van der Waals surface area contributed by atoms with Crippen LogP contribution < -0.4 is 11.0 Å². The Kier molecular flexibility index (Phi) is 4.12. The molecule has 134 valence electrons. The number of carbonyl (C=O) groups excluding carboxylic acids is 1. The van der Waals surface area contributed by atoms with Crippen LogP contribution in [-0.4, -0.2) is 28.2 Å². The Hall–Kier alpha value is -2.86. The van der Waals surface area contributed by atoms with Gasteiger partial charge in [0.15, 0.2) is 0 Å². The zero-order chi connectivity index (χ0) is 18.1. The van der Waals surface area contributed by atoms with Crippen molar-refractivity contribution in [3.8, 4) is 0 Å². The summed E-state index contributed by atoms with van der Waals surface area (Å²) in [6, 6.07) is 15.6. The number of para-hydroxylation sites is 2. The molecule has 4 rings (SSSR count). The molecule has 0 bridgehead atoms. The van der Waals surface area contributed by atoms with Gasteiger partial charge in [0.05, 0.1) is 17.6 Å². The molecule has 0 aliphatic heterocycles. The fourth-order valence-corrected chi connectivity index (χ4v) is 3.19. The number of rotatable bonds is 6. The van der Waals surface area contributed by atoms with Crippen molar-refractivity contribution < 1.29 is 9.53 Å². The van der Waals surface area contributed by atoms with Crippen molar-refractivity contribution in [2.75, 3.05) is 7.11 Å². The number of methoxy groups -OCH3 is 1. The van der Waals surface area contributed by atoms with Gasteiger partial charge in [0.1, 0.15) is 5.60 Å². The third kappa shape index (κ3) is 3.04. The van der Waals surface area contributed by atoms with E-state index >= 15 is 0 Å². The summed E-state index contributed by atoms with van der Waals surface area (Å²) in [7, 11) is 1.58. The normalized spacial score (nSPS) is 15.1. The zero-order valence-corrected chi connectivity index (χ0v) is 14.6. The average molecular weight is 351 g/mol. The minimum atomic E-state index is -0.601. The minimum absolute atomic E-state index is 0.0468. The first-order chi connectivity index (χ1) is 12.6. The van der Waals surface area contributed by atoms with E-state index in [2.05, 4.69) is 10.3 Å². The number of imidazole rings is 1. The number of aromatic nitrogens is 2. The van der Waals surface area contributed by atoms with Gasteiger partial charge in [0.25, 0.3) is 5.91 Å². The third-order valence-corrected chi connectivity index (χ3v) is 5.01. The van der Waals surface area contributed by atoms with Crippen LogP contribution in [0.5, 0.6) is 0 Å². The van der Waals surface area contributed by atoms with E-state index < -0.39 is 5.60 Å². The number of H-pyrrole nitrogens is 1. The molecule has 6 nitrogen and oxygen atoms in total. The Bertz CT molecular complexity index is 997. The second-order valence-electron chi connectivity index (χ2n) is 6.73. The van der Waals surface area contributed by atoms with Crippen LogP contribution in [0, 0.1) is 0 Å². The lowest BCUT2D eigenvalue weighted by Gasteiger charge is -2.13. The number of hydrogen-bond acceptors (Lipinski definition) is 3. The first-order valence-corrected chi connectivity index (χ1v) is 8.70. The Morgan fingerprint density at radius 2 is 1.85 bits per heavy atom. The fourth-order valence-electron chi connectivity index (χ4n) is 3.19. The maximum absolute atomic E-state index is 12.2. The monoisotopic (exact) mass is 351 g/mol. The molecule has 0 atom stereocenters. The van der Waals surface area contributed by atoms with Crippen molar-refractivity contribution in [1.29, 1.82) is 0 Å². The minimum Gasteiger partial charge on any atom is -0.368 e. The molecular weight excluding hydrogens is 330 g/mol. The van der Waals surface area contributed by atoms with E-state index in [0.29, 0.717) is 13.1 Å². The smallest absolute Gasteiger partial charge is 0.326 e. The van der Waals surface area contributed by atoms with Gasteiger partial charge in [0, 0.05) is 13.7 Å². The molecule has 1 heterocycles.